The molecule has 0 unspecified atom stereocenters. The molecule has 2 amide bonds. The highest BCUT2D eigenvalue weighted by Crippen LogP contribution is 2.25. The molecule has 1 heterocycles. The standard InChI is InChI=1S/C11H10FIN2O2/c12-7-2-1-3-8(11(7)13)15-5-4-9(16)14-6-10(15)17/h1-3H,4-6H2,(H,14,16). The summed E-state index contributed by atoms with van der Waals surface area (Å²) in [7, 11) is 0. The maximum Gasteiger partial charge on any atom is 0.246 e. The zero-order valence-corrected chi connectivity index (χ0v) is 11.0. The zero-order valence-electron chi connectivity index (χ0n) is 8.87. The first-order chi connectivity index (χ1) is 8.09. The second-order valence-corrected chi connectivity index (χ2v) is 4.72. The highest BCUT2D eigenvalue weighted by atomic mass is 127. The number of nitrogens with zero attached hydrogens (tertiary/aromatic N) is 1. The number of rotatable bonds is 1. The molecule has 6 heteroatoms. The van der Waals surface area contributed by atoms with Crippen LogP contribution in [0.3, 0.4) is 0 Å². The topological polar surface area (TPSA) is 49.4 Å². The fourth-order valence-corrected chi connectivity index (χ4v) is 2.30. The van der Waals surface area contributed by atoms with E-state index in [1.54, 1.807) is 12.1 Å². The van der Waals surface area contributed by atoms with Crippen molar-refractivity contribution in [3.63, 3.8) is 0 Å². The molecule has 0 aromatic heterocycles. The molecule has 0 atom stereocenters. The first-order valence-electron chi connectivity index (χ1n) is 5.10. The summed E-state index contributed by atoms with van der Waals surface area (Å²) in [4.78, 5) is 24.4. The average molecular weight is 348 g/mol. The van der Waals surface area contributed by atoms with Crippen LogP contribution in [0.5, 0.6) is 0 Å². The third kappa shape index (κ3) is 2.56. The average Bonchev–Trinajstić information content (AvgIpc) is 2.46. The molecule has 0 spiro atoms. The first-order valence-corrected chi connectivity index (χ1v) is 6.18. The highest BCUT2D eigenvalue weighted by Gasteiger charge is 2.23. The van der Waals surface area contributed by atoms with Crippen molar-refractivity contribution in [3.05, 3.63) is 27.6 Å². The minimum atomic E-state index is -0.362. The molecule has 17 heavy (non-hydrogen) atoms. The van der Waals surface area contributed by atoms with Gasteiger partial charge in [-0.1, -0.05) is 6.07 Å². The van der Waals surface area contributed by atoms with E-state index < -0.39 is 0 Å². The number of hydrogen-bond donors (Lipinski definition) is 1. The van der Waals surface area contributed by atoms with E-state index in [1.165, 1.54) is 11.0 Å². The quantitative estimate of drug-likeness (QED) is 0.778. The fourth-order valence-electron chi connectivity index (χ4n) is 1.65. The molecule has 1 aliphatic heterocycles. The summed E-state index contributed by atoms with van der Waals surface area (Å²) in [6.45, 7) is 0.246. The Labute approximate surface area is 111 Å². The molecule has 2 rings (SSSR count). The molecule has 0 bridgehead atoms. The van der Waals surface area contributed by atoms with Gasteiger partial charge in [0.1, 0.15) is 5.82 Å². The van der Waals surface area contributed by atoms with Crippen LogP contribution < -0.4 is 10.2 Å². The summed E-state index contributed by atoms with van der Waals surface area (Å²) in [6.07, 6.45) is 0.234. The van der Waals surface area contributed by atoms with Crippen LogP contribution in [0.4, 0.5) is 10.1 Å². The summed E-state index contributed by atoms with van der Waals surface area (Å²) < 4.78 is 13.8. The monoisotopic (exact) mass is 348 g/mol. The molecule has 1 aromatic rings. The van der Waals surface area contributed by atoms with Crippen molar-refractivity contribution >= 4 is 40.1 Å². The van der Waals surface area contributed by atoms with Gasteiger partial charge >= 0.3 is 0 Å². The van der Waals surface area contributed by atoms with Crippen molar-refractivity contribution in [3.8, 4) is 0 Å². The Balaban J connectivity index is 2.34. The van der Waals surface area contributed by atoms with Crippen molar-refractivity contribution < 1.29 is 14.0 Å². The Bertz CT molecular complexity index is 479. The molecule has 0 radical (unpaired) electrons. The number of nitrogens with one attached hydrogen (secondary N) is 1. The predicted molar refractivity (Wildman–Crippen MR) is 69.1 cm³/mol. The van der Waals surface area contributed by atoms with E-state index in [4.69, 9.17) is 0 Å². The highest BCUT2D eigenvalue weighted by molar-refractivity contribution is 14.1. The normalized spacial score (nSPS) is 16.7. The smallest absolute Gasteiger partial charge is 0.246 e. The number of halogens is 2. The molecule has 1 fully saturated rings. The van der Waals surface area contributed by atoms with E-state index in [0.717, 1.165) is 0 Å². The minimum Gasteiger partial charge on any atom is -0.347 e. The first kappa shape index (κ1) is 12.3. The van der Waals surface area contributed by atoms with Gasteiger partial charge in [0.15, 0.2) is 0 Å². The summed E-state index contributed by atoms with van der Waals surface area (Å²) in [5, 5.41) is 2.50. The van der Waals surface area contributed by atoms with Crippen molar-refractivity contribution in [2.45, 2.75) is 6.42 Å². The lowest BCUT2D eigenvalue weighted by atomic mass is 10.2. The molecule has 4 nitrogen and oxygen atoms in total. The molecule has 1 N–H and O–H groups in total. The van der Waals surface area contributed by atoms with E-state index in [0.29, 0.717) is 9.26 Å². The van der Waals surface area contributed by atoms with Crippen molar-refractivity contribution in [2.75, 3.05) is 18.0 Å². The van der Waals surface area contributed by atoms with E-state index >= 15 is 0 Å². The van der Waals surface area contributed by atoms with Gasteiger partial charge in [-0.05, 0) is 34.7 Å². The van der Waals surface area contributed by atoms with Crippen LogP contribution in [-0.2, 0) is 9.59 Å². The van der Waals surface area contributed by atoms with Crippen molar-refractivity contribution in [2.24, 2.45) is 0 Å². The van der Waals surface area contributed by atoms with Crippen LogP contribution >= 0.6 is 22.6 Å². The van der Waals surface area contributed by atoms with Crippen LogP contribution in [-0.4, -0.2) is 24.9 Å². The van der Waals surface area contributed by atoms with Crippen LogP contribution in [0.25, 0.3) is 0 Å². The van der Waals surface area contributed by atoms with Crippen molar-refractivity contribution in [1.29, 1.82) is 0 Å². The maximum atomic E-state index is 13.4. The summed E-state index contributed by atoms with van der Waals surface area (Å²) in [5.41, 5.74) is 0.520. The van der Waals surface area contributed by atoms with Gasteiger partial charge in [0.2, 0.25) is 11.8 Å². The molecule has 0 saturated carbocycles. The number of anilines is 1. The Morgan fingerprint density at radius 3 is 2.88 bits per heavy atom. The molecule has 90 valence electrons. The van der Waals surface area contributed by atoms with Gasteiger partial charge in [-0.15, -0.1) is 0 Å². The summed E-state index contributed by atoms with van der Waals surface area (Å²) >= 11 is 1.86. The Morgan fingerprint density at radius 2 is 2.12 bits per heavy atom. The number of amides is 2. The van der Waals surface area contributed by atoms with E-state index in [9.17, 15) is 14.0 Å². The van der Waals surface area contributed by atoms with E-state index in [-0.39, 0.29) is 37.1 Å². The number of hydrogen-bond acceptors (Lipinski definition) is 2. The van der Waals surface area contributed by atoms with Crippen LogP contribution in [0.2, 0.25) is 0 Å². The van der Waals surface area contributed by atoms with Gasteiger partial charge < -0.3 is 10.2 Å². The van der Waals surface area contributed by atoms with Gasteiger partial charge in [0.05, 0.1) is 15.8 Å². The zero-order chi connectivity index (χ0) is 12.4. The van der Waals surface area contributed by atoms with Crippen LogP contribution in [0.15, 0.2) is 18.2 Å². The third-order valence-corrected chi connectivity index (χ3v) is 3.59. The van der Waals surface area contributed by atoms with Crippen LogP contribution in [0, 0.1) is 9.39 Å². The van der Waals surface area contributed by atoms with Gasteiger partial charge in [-0.2, -0.15) is 0 Å². The van der Waals surface area contributed by atoms with Gasteiger partial charge in [0.25, 0.3) is 0 Å². The van der Waals surface area contributed by atoms with Crippen LogP contribution in [0.1, 0.15) is 6.42 Å². The molecular formula is C11H10FIN2O2. The molecule has 0 aliphatic carbocycles. The molecule has 1 aromatic carbocycles. The van der Waals surface area contributed by atoms with E-state index in [1.807, 2.05) is 22.6 Å². The minimum absolute atomic E-state index is 0.0363. The second kappa shape index (κ2) is 4.99. The van der Waals surface area contributed by atoms with E-state index in [2.05, 4.69) is 5.32 Å². The number of carbonyl (C=O) groups excluding carboxylic acids is 2. The van der Waals surface area contributed by atoms with Crippen molar-refractivity contribution in [1.82, 2.24) is 5.32 Å². The lowest BCUT2D eigenvalue weighted by Crippen LogP contribution is -2.35. The lowest BCUT2D eigenvalue weighted by molar-refractivity contribution is -0.123. The molecule has 1 saturated heterocycles. The molecular weight excluding hydrogens is 338 g/mol. The summed E-state index contributed by atoms with van der Waals surface area (Å²) in [6, 6.07) is 4.58. The Kier molecular flexibility index (Phi) is 3.60. The third-order valence-electron chi connectivity index (χ3n) is 2.52. The predicted octanol–water partition coefficient (Wildman–Crippen LogP) is 1.28. The number of benzene rings is 1. The fraction of sp³-hybridized carbons (Fsp3) is 0.273. The number of carbonyl (C=O) groups is 2. The Hall–Kier alpha value is -1.18. The van der Waals surface area contributed by atoms with Gasteiger partial charge in [-0.25, -0.2) is 4.39 Å². The summed E-state index contributed by atoms with van der Waals surface area (Å²) in [5.74, 6) is -0.744. The second-order valence-electron chi connectivity index (χ2n) is 3.65. The van der Waals surface area contributed by atoms with Gasteiger partial charge in [-0.3, -0.25) is 9.59 Å². The Morgan fingerprint density at radius 1 is 1.35 bits per heavy atom. The maximum absolute atomic E-state index is 13.4. The lowest BCUT2D eigenvalue weighted by Gasteiger charge is -2.21. The molecule has 1 aliphatic rings. The largest absolute Gasteiger partial charge is 0.347 e. The van der Waals surface area contributed by atoms with Gasteiger partial charge in [0, 0.05) is 13.0 Å². The SMILES string of the molecule is O=C1CCN(c2cccc(F)c2I)C(=O)CN1.